The molecule has 0 saturated carbocycles. The third kappa shape index (κ3) is 3.11. The number of carbonyl (C=O) groups excluding carboxylic acids is 1. The molecule has 5 heteroatoms. The van der Waals surface area contributed by atoms with Gasteiger partial charge in [0.15, 0.2) is 5.78 Å². The Morgan fingerprint density at radius 2 is 1.73 bits per heavy atom. The van der Waals surface area contributed by atoms with Crippen LogP contribution in [0.25, 0.3) is 16.7 Å². The molecular weight excluding hydrogens is 332 g/mol. The number of rotatable bonds is 4. The van der Waals surface area contributed by atoms with Crippen molar-refractivity contribution in [1.29, 1.82) is 0 Å². The second kappa shape index (κ2) is 6.88. The lowest BCUT2D eigenvalue weighted by Gasteiger charge is -2.12. The Morgan fingerprint density at radius 3 is 2.42 bits per heavy atom. The normalized spacial score (nSPS) is 12.1. The number of fused-ring (bicyclic) bond motifs is 1. The molecule has 0 fully saturated rings. The van der Waals surface area contributed by atoms with Gasteiger partial charge in [0.25, 0.3) is 0 Å². The maximum Gasteiger partial charge on any atom is 0.343 e. The Balaban J connectivity index is 2.18. The molecule has 1 aromatic heterocycles. The molecule has 26 heavy (non-hydrogen) atoms. The molecule has 0 amide bonds. The van der Waals surface area contributed by atoms with Crippen LogP contribution in [0.1, 0.15) is 23.6 Å². The number of carbonyl (C=O) groups is 1. The van der Waals surface area contributed by atoms with Crippen molar-refractivity contribution in [3.05, 3.63) is 81.2 Å². The number of benzene rings is 2. The fourth-order valence-electron chi connectivity index (χ4n) is 2.88. The Kier molecular flexibility index (Phi) is 4.63. The molecule has 0 unspecified atom stereocenters. The molecule has 0 aliphatic rings. The van der Waals surface area contributed by atoms with Gasteiger partial charge >= 0.3 is 5.63 Å². The fraction of sp³-hybridized carbons (Fsp3) is 0.143. The SMILES string of the molecule is CC(=O)/C(Cc1c(O)c2ccccc2oc1=O)=C(/O)c1ccccc1C. The van der Waals surface area contributed by atoms with E-state index in [4.69, 9.17) is 4.42 Å². The molecule has 3 rings (SSSR count). The average molecular weight is 350 g/mol. The lowest BCUT2D eigenvalue weighted by Crippen LogP contribution is -2.13. The molecule has 132 valence electrons. The van der Waals surface area contributed by atoms with Gasteiger partial charge in [-0.05, 0) is 31.5 Å². The monoisotopic (exact) mass is 350 g/mol. The lowest BCUT2D eigenvalue weighted by atomic mass is 9.96. The Bertz CT molecular complexity index is 1090. The standard InChI is InChI=1S/C21H18O5/c1-12-7-3-4-8-14(12)19(23)16(13(2)22)11-17-20(24)15-9-5-6-10-18(15)26-21(17)25/h3-10,23-24H,11H2,1-2H3/b19-16+. The highest BCUT2D eigenvalue weighted by Crippen LogP contribution is 2.29. The first-order chi connectivity index (χ1) is 12.4. The predicted molar refractivity (Wildman–Crippen MR) is 99.3 cm³/mol. The summed E-state index contributed by atoms with van der Waals surface area (Å²) in [5.41, 5.74) is 0.792. The number of para-hydroxylation sites is 1. The van der Waals surface area contributed by atoms with Crippen LogP contribution in [0, 0.1) is 6.92 Å². The van der Waals surface area contributed by atoms with Crippen molar-refractivity contribution in [2.24, 2.45) is 0 Å². The van der Waals surface area contributed by atoms with Crippen molar-refractivity contribution in [3.8, 4) is 5.75 Å². The second-order valence-electron chi connectivity index (χ2n) is 6.09. The van der Waals surface area contributed by atoms with E-state index in [0.717, 1.165) is 5.56 Å². The van der Waals surface area contributed by atoms with Gasteiger partial charge < -0.3 is 14.6 Å². The molecule has 0 radical (unpaired) electrons. The van der Waals surface area contributed by atoms with Crippen LogP contribution in [0.15, 0.2) is 63.3 Å². The summed E-state index contributed by atoms with van der Waals surface area (Å²) in [6, 6.07) is 13.7. The molecule has 5 nitrogen and oxygen atoms in total. The van der Waals surface area contributed by atoms with E-state index in [1.165, 1.54) is 6.92 Å². The van der Waals surface area contributed by atoms with Gasteiger partial charge in [0.1, 0.15) is 17.1 Å². The third-order valence-electron chi connectivity index (χ3n) is 4.34. The first kappa shape index (κ1) is 17.5. The molecular formula is C21H18O5. The van der Waals surface area contributed by atoms with Crippen LogP contribution in [0.5, 0.6) is 5.75 Å². The molecule has 0 spiro atoms. The number of aliphatic hydroxyl groups is 1. The van der Waals surface area contributed by atoms with E-state index in [1.54, 1.807) is 36.4 Å². The van der Waals surface area contributed by atoms with Crippen LogP contribution in [0.4, 0.5) is 0 Å². The highest BCUT2D eigenvalue weighted by atomic mass is 16.4. The molecule has 2 N–H and O–H groups in total. The number of hydrogen-bond donors (Lipinski definition) is 2. The quantitative estimate of drug-likeness (QED) is 0.423. The largest absolute Gasteiger partial charge is 0.507 e. The summed E-state index contributed by atoms with van der Waals surface area (Å²) < 4.78 is 5.23. The lowest BCUT2D eigenvalue weighted by molar-refractivity contribution is -0.113. The number of Topliss-reactive ketones (excluding diaryl/α,β-unsaturated/α-hetero) is 1. The second-order valence-corrected chi connectivity index (χ2v) is 6.09. The molecule has 2 aromatic carbocycles. The van der Waals surface area contributed by atoms with Crippen LogP contribution in [-0.4, -0.2) is 16.0 Å². The first-order valence-electron chi connectivity index (χ1n) is 8.13. The Morgan fingerprint density at radius 1 is 1.08 bits per heavy atom. The van der Waals surface area contributed by atoms with Crippen molar-refractivity contribution in [2.45, 2.75) is 20.3 Å². The van der Waals surface area contributed by atoms with Crippen LogP contribution in [-0.2, 0) is 11.2 Å². The fourth-order valence-corrected chi connectivity index (χ4v) is 2.88. The van der Waals surface area contributed by atoms with Gasteiger partial charge in [0.05, 0.1) is 10.9 Å². The van der Waals surface area contributed by atoms with Crippen LogP contribution >= 0.6 is 0 Å². The van der Waals surface area contributed by atoms with E-state index in [-0.39, 0.29) is 34.6 Å². The summed E-state index contributed by atoms with van der Waals surface area (Å²) in [5.74, 6) is -0.839. The summed E-state index contributed by atoms with van der Waals surface area (Å²) >= 11 is 0. The van der Waals surface area contributed by atoms with Gasteiger partial charge in [-0.15, -0.1) is 0 Å². The minimum Gasteiger partial charge on any atom is -0.507 e. The Labute approximate surface area is 149 Å². The van der Waals surface area contributed by atoms with Gasteiger partial charge in [-0.25, -0.2) is 4.79 Å². The third-order valence-corrected chi connectivity index (χ3v) is 4.34. The zero-order valence-electron chi connectivity index (χ0n) is 14.4. The summed E-state index contributed by atoms with van der Waals surface area (Å²) in [6.07, 6.45) is -0.228. The summed E-state index contributed by atoms with van der Waals surface area (Å²) in [6.45, 7) is 3.12. The van der Waals surface area contributed by atoms with Crippen molar-refractivity contribution < 1.29 is 19.4 Å². The molecule has 0 aliphatic heterocycles. The molecule has 0 saturated heterocycles. The van der Waals surface area contributed by atoms with E-state index in [1.807, 2.05) is 19.1 Å². The molecule has 0 atom stereocenters. The van der Waals surface area contributed by atoms with Crippen molar-refractivity contribution in [2.75, 3.05) is 0 Å². The van der Waals surface area contributed by atoms with Gasteiger partial charge in [-0.3, -0.25) is 4.79 Å². The van der Waals surface area contributed by atoms with Gasteiger partial charge in [-0.1, -0.05) is 36.4 Å². The highest BCUT2D eigenvalue weighted by Gasteiger charge is 2.21. The highest BCUT2D eigenvalue weighted by molar-refractivity contribution is 6.00. The van der Waals surface area contributed by atoms with Crippen molar-refractivity contribution in [1.82, 2.24) is 0 Å². The topological polar surface area (TPSA) is 87.7 Å². The summed E-state index contributed by atoms with van der Waals surface area (Å²) in [7, 11) is 0. The van der Waals surface area contributed by atoms with Gasteiger partial charge in [0.2, 0.25) is 0 Å². The number of aromatic hydroxyl groups is 1. The zero-order valence-corrected chi connectivity index (χ0v) is 14.4. The maximum absolute atomic E-state index is 12.3. The molecule has 3 aromatic rings. The number of allylic oxidation sites excluding steroid dienone is 1. The molecule has 0 bridgehead atoms. The van der Waals surface area contributed by atoms with E-state index < -0.39 is 11.4 Å². The van der Waals surface area contributed by atoms with Crippen LogP contribution in [0.3, 0.4) is 0 Å². The molecule has 1 heterocycles. The number of aliphatic hydroxyl groups excluding tert-OH is 1. The predicted octanol–water partition coefficient (Wildman–Crippen LogP) is 3.91. The zero-order chi connectivity index (χ0) is 18.8. The average Bonchev–Trinajstić information content (AvgIpc) is 2.61. The molecule has 0 aliphatic carbocycles. The van der Waals surface area contributed by atoms with Crippen molar-refractivity contribution in [3.63, 3.8) is 0 Å². The van der Waals surface area contributed by atoms with E-state index in [9.17, 15) is 19.8 Å². The van der Waals surface area contributed by atoms with Gasteiger partial charge in [0, 0.05) is 17.6 Å². The van der Waals surface area contributed by atoms with E-state index in [2.05, 4.69) is 0 Å². The van der Waals surface area contributed by atoms with Crippen molar-refractivity contribution >= 4 is 22.5 Å². The van der Waals surface area contributed by atoms with E-state index >= 15 is 0 Å². The maximum atomic E-state index is 12.3. The van der Waals surface area contributed by atoms with Crippen LogP contribution in [0.2, 0.25) is 0 Å². The smallest absolute Gasteiger partial charge is 0.343 e. The minimum atomic E-state index is -0.738. The number of ketones is 1. The first-order valence-corrected chi connectivity index (χ1v) is 8.13. The van der Waals surface area contributed by atoms with Crippen LogP contribution < -0.4 is 5.63 Å². The minimum absolute atomic E-state index is 0.0391. The summed E-state index contributed by atoms with van der Waals surface area (Å²) in [4.78, 5) is 24.4. The summed E-state index contributed by atoms with van der Waals surface area (Å²) in [5, 5.41) is 21.5. The van der Waals surface area contributed by atoms with E-state index in [0.29, 0.717) is 10.9 Å². The number of hydrogen-bond acceptors (Lipinski definition) is 5. The number of aryl methyl sites for hydroxylation is 1. The Hall–Kier alpha value is -3.34. The van der Waals surface area contributed by atoms with Gasteiger partial charge in [-0.2, -0.15) is 0 Å².